The molecule has 0 aliphatic carbocycles. The van der Waals surface area contributed by atoms with Gasteiger partial charge in [0.05, 0.1) is 6.20 Å². The minimum absolute atomic E-state index is 0.501. The van der Waals surface area contributed by atoms with Gasteiger partial charge in [-0.3, -0.25) is 4.68 Å². The summed E-state index contributed by atoms with van der Waals surface area (Å²) in [4.78, 5) is 0. The van der Waals surface area contributed by atoms with Gasteiger partial charge in [-0.1, -0.05) is 31.9 Å². The molecule has 0 amide bonds. The van der Waals surface area contributed by atoms with E-state index in [0.717, 1.165) is 6.54 Å². The molecule has 0 aromatic carbocycles. The van der Waals surface area contributed by atoms with Gasteiger partial charge in [-0.25, -0.2) is 0 Å². The summed E-state index contributed by atoms with van der Waals surface area (Å²) in [6.07, 6.45) is 4.13. The predicted octanol–water partition coefficient (Wildman–Crippen LogP) is 1.30. The van der Waals surface area contributed by atoms with E-state index in [1.54, 1.807) is 6.20 Å². The maximum absolute atomic E-state index is 5.44. The molecule has 1 heterocycles. The summed E-state index contributed by atoms with van der Waals surface area (Å²) in [7, 11) is 0. The average Bonchev–Trinajstić information content (AvgIpc) is 2.47. The Bertz CT molecular complexity index is 227. The molecule has 0 radical (unpaired) electrons. The molecule has 4 heteroatoms. The van der Waals surface area contributed by atoms with E-state index in [1.165, 1.54) is 12.8 Å². The summed E-state index contributed by atoms with van der Waals surface area (Å²) in [6.45, 7) is 5.31. The van der Waals surface area contributed by atoms with Crippen molar-refractivity contribution in [2.45, 2.75) is 33.2 Å². The summed E-state index contributed by atoms with van der Waals surface area (Å²) in [6, 6.07) is 0. The molecule has 0 saturated heterocycles. The van der Waals surface area contributed by atoms with E-state index in [2.05, 4.69) is 24.2 Å². The van der Waals surface area contributed by atoms with Crippen molar-refractivity contribution < 1.29 is 0 Å². The Morgan fingerprint density at radius 1 is 1.50 bits per heavy atom. The quantitative estimate of drug-likeness (QED) is 0.737. The predicted molar refractivity (Wildman–Crippen MR) is 48.5 cm³/mol. The standard InChI is InChI=1S/C8H16N4/c1-3-7(4-2)5-12-6-8(9)10-11-12/h6-7H,3-5,9H2,1-2H3. The van der Waals surface area contributed by atoms with Gasteiger partial charge in [0.2, 0.25) is 0 Å². The summed E-state index contributed by atoms with van der Waals surface area (Å²) >= 11 is 0. The van der Waals surface area contributed by atoms with Gasteiger partial charge in [0, 0.05) is 6.54 Å². The fourth-order valence-electron chi connectivity index (χ4n) is 1.21. The molecule has 4 nitrogen and oxygen atoms in total. The fourth-order valence-corrected chi connectivity index (χ4v) is 1.21. The second-order valence-electron chi connectivity index (χ2n) is 3.05. The first kappa shape index (κ1) is 9.03. The first-order chi connectivity index (χ1) is 5.76. The SMILES string of the molecule is CCC(CC)Cn1cc(N)nn1. The lowest BCUT2D eigenvalue weighted by Crippen LogP contribution is -2.09. The van der Waals surface area contributed by atoms with Gasteiger partial charge >= 0.3 is 0 Å². The van der Waals surface area contributed by atoms with Gasteiger partial charge in [0.25, 0.3) is 0 Å². The molecule has 0 aliphatic heterocycles. The molecule has 0 saturated carbocycles. The highest BCUT2D eigenvalue weighted by atomic mass is 15.4. The van der Waals surface area contributed by atoms with E-state index in [1.807, 2.05) is 4.68 Å². The maximum Gasteiger partial charge on any atom is 0.165 e. The lowest BCUT2D eigenvalue weighted by molar-refractivity contribution is 0.390. The maximum atomic E-state index is 5.44. The molecule has 0 fully saturated rings. The van der Waals surface area contributed by atoms with E-state index in [-0.39, 0.29) is 0 Å². The number of nitrogens with two attached hydrogens (primary N) is 1. The van der Waals surface area contributed by atoms with Crippen LogP contribution in [0, 0.1) is 5.92 Å². The first-order valence-electron chi connectivity index (χ1n) is 4.41. The Balaban J connectivity index is 2.50. The third-order valence-electron chi connectivity index (χ3n) is 2.16. The number of nitrogens with zero attached hydrogens (tertiary/aromatic N) is 3. The smallest absolute Gasteiger partial charge is 0.165 e. The van der Waals surface area contributed by atoms with Crippen molar-refractivity contribution in [2.24, 2.45) is 5.92 Å². The Morgan fingerprint density at radius 2 is 2.17 bits per heavy atom. The van der Waals surface area contributed by atoms with Crippen molar-refractivity contribution in [1.29, 1.82) is 0 Å². The van der Waals surface area contributed by atoms with Crippen molar-refractivity contribution in [3.05, 3.63) is 6.20 Å². The van der Waals surface area contributed by atoms with Crippen molar-refractivity contribution in [3.8, 4) is 0 Å². The molecule has 0 bridgehead atoms. The Labute approximate surface area is 72.8 Å². The van der Waals surface area contributed by atoms with E-state index in [0.29, 0.717) is 11.7 Å². The van der Waals surface area contributed by atoms with Gasteiger partial charge in [0.1, 0.15) is 0 Å². The number of aromatic nitrogens is 3. The van der Waals surface area contributed by atoms with Crippen LogP contribution in [0.5, 0.6) is 0 Å². The molecule has 0 atom stereocenters. The van der Waals surface area contributed by atoms with Crippen LogP contribution in [0.4, 0.5) is 5.82 Å². The van der Waals surface area contributed by atoms with E-state index >= 15 is 0 Å². The number of hydrogen-bond acceptors (Lipinski definition) is 3. The highest BCUT2D eigenvalue weighted by Gasteiger charge is 2.05. The van der Waals surface area contributed by atoms with Gasteiger partial charge in [0.15, 0.2) is 5.82 Å². The van der Waals surface area contributed by atoms with Crippen molar-refractivity contribution in [2.75, 3.05) is 5.73 Å². The molecule has 1 aromatic rings. The van der Waals surface area contributed by atoms with Crippen LogP contribution >= 0.6 is 0 Å². The molecule has 1 aromatic heterocycles. The van der Waals surface area contributed by atoms with Crippen molar-refractivity contribution in [1.82, 2.24) is 15.0 Å². The Morgan fingerprint density at radius 3 is 2.58 bits per heavy atom. The summed E-state index contributed by atoms with van der Waals surface area (Å²) in [5.41, 5.74) is 5.44. The molecule has 2 N–H and O–H groups in total. The fraction of sp³-hybridized carbons (Fsp3) is 0.750. The first-order valence-corrected chi connectivity index (χ1v) is 4.41. The number of rotatable bonds is 4. The Kier molecular flexibility index (Phi) is 3.08. The second-order valence-corrected chi connectivity index (χ2v) is 3.05. The van der Waals surface area contributed by atoms with Crippen molar-refractivity contribution in [3.63, 3.8) is 0 Å². The summed E-state index contributed by atoms with van der Waals surface area (Å²) in [5, 5.41) is 7.62. The molecule has 12 heavy (non-hydrogen) atoms. The lowest BCUT2D eigenvalue weighted by atomic mass is 10.0. The summed E-state index contributed by atoms with van der Waals surface area (Å²) < 4.78 is 1.81. The normalized spacial score (nSPS) is 10.9. The van der Waals surface area contributed by atoms with E-state index in [9.17, 15) is 0 Å². The van der Waals surface area contributed by atoms with Crippen molar-refractivity contribution >= 4 is 5.82 Å². The van der Waals surface area contributed by atoms with Crippen LogP contribution < -0.4 is 5.73 Å². The van der Waals surface area contributed by atoms with Gasteiger partial charge in [-0.15, -0.1) is 5.10 Å². The van der Waals surface area contributed by atoms with Gasteiger partial charge in [-0.05, 0) is 5.92 Å². The summed E-state index contributed by atoms with van der Waals surface area (Å²) in [5.74, 6) is 1.19. The Hall–Kier alpha value is -1.06. The molecule has 0 spiro atoms. The monoisotopic (exact) mass is 168 g/mol. The van der Waals surface area contributed by atoms with Crippen LogP contribution in [-0.4, -0.2) is 15.0 Å². The van der Waals surface area contributed by atoms with E-state index in [4.69, 9.17) is 5.73 Å². The molecule has 0 unspecified atom stereocenters. The molecule has 68 valence electrons. The van der Waals surface area contributed by atoms with Gasteiger partial charge < -0.3 is 5.73 Å². The third kappa shape index (κ3) is 2.22. The zero-order chi connectivity index (χ0) is 8.97. The van der Waals surface area contributed by atoms with Crippen LogP contribution in [0.2, 0.25) is 0 Å². The van der Waals surface area contributed by atoms with E-state index < -0.39 is 0 Å². The molecular formula is C8H16N4. The number of hydrogen-bond donors (Lipinski definition) is 1. The van der Waals surface area contributed by atoms with Crippen LogP contribution in [-0.2, 0) is 6.54 Å². The largest absolute Gasteiger partial charge is 0.381 e. The minimum atomic E-state index is 0.501. The highest BCUT2D eigenvalue weighted by molar-refractivity contribution is 5.19. The zero-order valence-electron chi connectivity index (χ0n) is 7.70. The molecule has 0 aliphatic rings. The lowest BCUT2D eigenvalue weighted by Gasteiger charge is -2.10. The van der Waals surface area contributed by atoms with Crippen LogP contribution in [0.15, 0.2) is 6.20 Å². The van der Waals surface area contributed by atoms with Gasteiger partial charge in [-0.2, -0.15) is 0 Å². The molecular weight excluding hydrogens is 152 g/mol. The number of nitrogen functional groups attached to an aromatic ring is 1. The third-order valence-corrected chi connectivity index (χ3v) is 2.16. The topological polar surface area (TPSA) is 56.7 Å². The molecule has 1 rings (SSSR count). The zero-order valence-corrected chi connectivity index (χ0v) is 7.70. The van der Waals surface area contributed by atoms with Crippen LogP contribution in [0.25, 0.3) is 0 Å². The minimum Gasteiger partial charge on any atom is -0.381 e. The number of anilines is 1. The second kappa shape index (κ2) is 4.09. The van der Waals surface area contributed by atoms with Crippen LogP contribution in [0.3, 0.4) is 0 Å². The highest BCUT2D eigenvalue weighted by Crippen LogP contribution is 2.10. The van der Waals surface area contributed by atoms with Crippen LogP contribution in [0.1, 0.15) is 26.7 Å². The average molecular weight is 168 g/mol.